The summed E-state index contributed by atoms with van der Waals surface area (Å²) in [5, 5.41) is 3.02. The largest absolute Gasteiger partial charge is 0.493 e. The maximum absolute atomic E-state index is 12.7. The summed E-state index contributed by atoms with van der Waals surface area (Å²) in [5.41, 5.74) is 2.66. The van der Waals surface area contributed by atoms with E-state index in [-0.39, 0.29) is 17.4 Å². The first-order valence-electron chi connectivity index (χ1n) is 10.0. The van der Waals surface area contributed by atoms with E-state index in [1.54, 1.807) is 0 Å². The highest BCUT2D eigenvalue weighted by atomic mass is 16.5. The molecule has 2 heterocycles. The Morgan fingerprint density at radius 1 is 1.11 bits per heavy atom. The van der Waals surface area contributed by atoms with Crippen molar-refractivity contribution in [1.29, 1.82) is 0 Å². The number of hydrogen-bond donors (Lipinski definition) is 1. The van der Waals surface area contributed by atoms with Crippen molar-refractivity contribution in [2.45, 2.75) is 31.2 Å². The number of hydrogen-bond acceptors (Lipinski definition) is 3. The molecule has 5 heteroatoms. The van der Waals surface area contributed by atoms with Crippen molar-refractivity contribution < 1.29 is 14.3 Å². The lowest BCUT2D eigenvalue weighted by Gasteiger charge is -2.47. The summed E-state index contributed by atoms with van der Waals surface area (Å²) in [6.07, 6.45) is 3.95. The number of likely N-dealkylation sites (tertiary alicyclic amines) is 1. The van der Waals surface area contributed by atoms with E-state index in [1.165, 1.54) is 12.8 Å². The number of nitrogens with zero attached hydrogens (tertiary/aromatic N) is 1. The Morgan fingerprint density at radius 2 is 1.89 bits per heavy atom. The van der Waals surface area contributed by atoms with E-state index < -0.39 is 0 Å². The average molecular weight is 376 g/mol. The third-order valence-corrected chi connectivity index (χ3v) is 5.99. The molecule has 2 aromatic rings. The molecule has 0 radical (unpaired) electrons. The van der Waals surface area contributed by atoms with E-state index in [2.05, 4.69) is 17.4 Å². The van der Waals surface area contributed by atoms with Crippen molar-refractivity contribution in [2.75, 3.05) is 19.7 Å². The quantitative estimate of drug-likeness (QED) is 0.872. The summed E-state index contributed by atoms with van der Waals surface area (Å²) in [4.78, 5) is 26.0. The topological polar surface area (TPSA) is 58.6 Å². The zero-order chi connectivity index (χ0) is 19.1. The van der Waals surface area contributed by atoms with Crippen molar-refractivity contribution in [2.24, 2.45) is 5.92 Å². The molecule has 1 saturated carbocycles. The lowest BCUT2D eigenvalue weighted by Crippen LogP contribution is -2.68. The molecule has 0 bridgehead atoms. The number of ether oxygens (including phenoxy) is 1. The second-order valence-corrected chi connectivity index (χ2v) is 8.35. The van der Waals surface area contributed by atoms with Gasteiger partial charge in [0.2, 0.25) is 5.91 Å². The Bertz CT molecular complexity index is 912. The van der Waals surface area contributed by atoms with Crippen molar-refractivity contribution in [3.63, 3.8) is 0 Å². The van der Waals surface area contributed by atoms with Crippen LogP contribution in [0.15, 0.2) is 48.5 Å². The lowest BCUT2D eigenvalue weighted by molar-refractivity contribution is -0.120. The first kappa shape index (κ1) is 17.3. The normalized spacial score (nSPS) is 20.0. The summed E-state index contributed by atoms with van der Waals surface area (Å²) in [7, 11) is 0. The van der Waals surface area contributed by atoms with Crippen LogP contribution in [-0.2, 0) is 4.79 Å². The van der Waals surface area contributed by atoms with Crippen LogP contribution in [0.2, 0.25) is 0 Å². The fraction of sp³-hybridized carbons (Fsp3) is 0.391. The molecule has 2 saturated heterocycles. The van der Waals surface area contributed by atoms with Crippen LogP contribution < -0.4 is 10.1 Å². The van der Waals surface area contributed by atoms with Crippen molar-refractivity contribution >= 4 is 11.8 Å². The number of carbonyl (C=O) groups excluding carboxylic acids is 2. The maximum Gasteiger partial charge on any atom is 0.254 e. The van der Waals surface area contributed by atoms with Gasteiger partial charge in [0, 0.05) is 25.1 Å². The van der Waals surface area contributed by atoms with E-state index in [0.29, 0.717) is 25.1 Å². The standard InChI is InChI=1S/C23H24N2O3/c26-21-10-11-23(24-21)14-25(15-23)22(27)18-8-6-17(7-9-18)19-2-1-3-20(12-19)28-13-16-4-5-16/h1-3,6-9,12,16H,4-5,10-11,13-15H2,(H,24,26). The van der Waals surface area contributed by atoms with Gasteiger partial charge in [0.05, 0.1) is 12.1 Å². The molecule has 3 fully saturated rings. The number of benzene rings is 2. The molecule has 1 aliphatic carbocycles. The van der Waals surface area contributed by atoms with Crippen LogP contribution in [0.5, 0.6) is 5.75 Å². The van der Waals surface area contributed by atoms with Gasteiger partial charge in [-0.25, -0.2) is 0 Å². The van der Waals surface area contributed by atoms with Crippen LogP contribution >= 0.6 is 0 Å². The molecule has 5 rings (SSSR count). The minimum atomic E-state index is -0.173. The van der Waals surface area contributed by atoms with Gasteiger partial charge in [-0.3, -0.25) is 9.59 Å². The van der Waals surface area contributed by atoms with Gasteiger partial charge in [-0.1, -0.05) is 24.3 Å². The summed E-state index contributed by atoms with van der Waals surface area (Å²) >= 11 is 0. The predicted molar refractivity (Wildman–Crippen MR) is 106 cm³/mol. The fourth-order valence-corrected chi connectivity index (χ4v) is 4.09. The molecule has 1 spiro atoms. The van der Waals surface area contributed by atoms with Gasteiger partial charge < -0.3 is 15.0 Å². The van der Waals surface area contributed by atoms with Gasteiger partial charge in [-0.2, -0.15) is 0 Å². The van der Waals surface area contributed by atoms with Crippen molar-refractivity contribution in [1.82, 2.24) is 10.2 Å². The molecule has 28 heavy (non-hydrogen) atoms. The molecule has 5 nitrogen and oxygen atoms in total. The summed E-state index contributed by atoms with van der Waals surface area (Å²) in [6.45, 7) is 2.02. The minimum absolute atomic E-state index is 0.0276. The highest BCUT2D eigenvalue weighted by Gasteiger charge is 2.49. The van der Waals surface area contributed by atoms with Gasteiger partial charge in [0.15, 0.2) is 0 Å². The fourth-order valence-electron chi connectivity index (χ4n) is 4.09. The van der Waals surface area contributed by atoms with E-state index in [4.69, 9.17) is 4.74 Å². The minimum Gasteiger partial charge on any atom is -0.493 e. The third kappa shape index (κ3) is 3.37. The summed E-state index contributed by atoms with van der Waals surface area (Å²) < 4.78 is 5.87. The van der Waals surface area contributed by atoms with Crippen LogP contribution in [0.1, 0.15) is 36.0 Å². The molecule has 1 N–H and O–H groups in total. The number of carbonyl (C=O) groups is 2. The molecular weight excluding hydrogens is 352 g/mol. The van der Waals surface area contributed by atoms with Gasteiger partial charge in [0.25, 0.3) is 5.91 Å². The molecular formula is C23H24N2O3. The highest BCUT2D eigenvalue weighted by Crippen LogP contribution is 2.32. The molecule has 2 aliphatic heterocycles. The Hall–Kier alpha value is -2.82. The first-order chi connectivity index (χ1) is 13.6. The van der Waals surface area contributed by atoms with Crippen LogP contribution in [0.25, 0.3) is 11.1 Å². The Kier molecular flexibility index (Phi) is 4.11. The Labute approximate surface area is 164 Å². The van der Waals surface area contributed by atoms with E-state index in [1.807, 2.05) is 41.3 Å². The average Bonchev–Trinajstić information content (AvgIpc) is 3.44. The van der Waals surface area contributed by atoms with Crippen LogP contribution in [0.3, 0.4) is 0 Å². The second-order valence-electron chi connectivity index (χ2n) is 8.35. The van der Waals surface area contributed by atoms with E-state index in [9.17, 15) is 9.59 Å². The molecule has 2 amide bonds. The third-order valence-electron chi connectivity index (χ3n) is 5.99. The van der Waals surface area contributed by atoms with Gasteiger partial charge in [0.1, 0.15) is 5.75 Å². The molecule has 0 atom stereocenters. The number of amides is 2. The maximum atomic E-state index is 12.7. The van der Waals surface area contributed by atoms with Gasteiger partial charge in [-0.15, -0.1) is 0 Å². The number of rotatable bonds is 5. The second kappa shape index (κ2) is 6.66. The Balaban J connectivity index is 1.24. The predicted octanol–water partition coefficient (Wildman–Crippen LogP) is 3.25. The summed E-state index contributed by atoms with van der Waals surface area (Å²) in [6, 6.07) is 15.8. The number of nitrogens with one attached hydrogen (secondary N) is 1. The zero-order valence-corrected chi connectivity index (χ0v) is 15.8. The molecule has 0 aromatic heterocycles. The monoisotopic (exact) mass is 376 g/mol. The van der Waals surface area contributed by atoms with Crippen LogP contribution in [0, 0.1) is 5.92 Å². The summed E-state index contributed by atoms with van der Waals surface area (Å²) in [5.74, 6) is 1.75. The first-order valence-corrected chi connectivity index (χ1v) is 10.0. The molecule has 0 unspecified atom stereocenters. The van der Waals surface area contributed by atoms with Gasteiger partial charge >= 0.3 is 0 Å². The molecule has 3 aliphatic rings. The molecule has 144 valence electrons. The molecule has 2 aromatic carbocycles. The highest BCUT2D eigenvalue weighted by molar-refractivity contribution is 5.96. The SMILES string of the molecule is O=C1CCC2(CN(C(=O)c3ccc(-c4cccc(OCC5CC5)c4)cc3)C2)N1. The van der Waals surface area contributed by atoms with Crippen LogP contribution in [0.4, 0.5) is 0 Å². The zero-order valence-electron chi connectivity index (χ0n) is 15.8. The lowest BCUT2D eigenvalue weighted by atomic mass is 9.87. The van der Waals surface area contributed by atoms with Crippen molar-refractivity contribution in [3.05, 3.63) is 54.1 Å². The van der Waals surface area contributed by atoms with Crippen molar-refractivity contribution in [3.8, 4) is 16.9 Å². The van der Waals surface area contributed by atoms with E-state index in [0.717, 1.165) is 35.8 Å². The Morgan fingerprint density at radius 3 is 2.57 bits per heavy atom. The van der Waals surface area contributed by atoms with Gasteiger partial charge in [-0.05, 0) is 60.6 Å². The smallest absolute Gasteiger partial charge is 0.254 e. The van der Waals surface area contributed by atoms with E-state index >= 15 is 0 Å². The van der Waals surface area contributed by atoms with Crippen LogP contribution in [-0.4, -0.2) is 41.9 Å².